The number of carbonyl (C=O) groups excluding carboxylic acids is 2. The van der Waals surface area contributed by atoms with Crippen LogP contribution in [0.25, 0.3) is 11.3 Å². The van der Waals surface area contributed by atoms with E-state index in [1.54, 1.807) is 6.20 Å². The molecule has 0 aliphatic carbocycles. The van der Waals surface area contributed by atoms with Gasteiger partial charge >= 0.3 is 0 Å². The van der Waals surface area contributed by atoms with Gasteiger partial charge in [0, 0.05) is 41.7 Å². The third-order valence-electron chi connectivity index (χ3n) is 6.36. The quantitative estimate of drug-likeness (QED) is 0.390. The van der Waals surface area contributed by atoms with Crippen LogP contribution in [0.5, 0.6) is 0 Å². The van der Waals surface area contributed by atoms with Crippen LogP contribution in [0.2, 0.25) is 0 Å². The lowest BCUT2D eigenvalue weighted by Gasteiger charge is -2.40. The number of H-pyrrole nitrogens is 1. The van der Waals surface area contributed by atoms with E-state index in [0.29, 0.717) is 23.6 Å². The van der Waals surface area contributed by atoms with E-state index in [9.17, 15) is 9.59 Å². The third kappa shape index (κ3) is 4.01. The minimum atomic E-state index is -0.285. The van der Waals surface area contributed by atoms with Crippen molar-refractivity contribution >= 4 is 29.0 Å². The zero-order valence-electron chi connectivity index (χ0n) is 18.2. The highest BCUT2D eigenvalue weighted by Crippen LogP contribution is 2.38. The lowest BCUT2D eigenvalue weighted by molar-refractivity contribution is -0.111. The van der Waals surface area contributed by atoms with Gasteiger partial charge in [-0.25, -0.2) is 4.98 Å². The van der Waals surface area contributed by atoms with Crippen LogP contribution in [-0.4, -0.2) is 41.4 Å². The van der Waals surface area contributed by atoms with Gasteiger partial charge in [0.05, 0.1) is 16.9 Å². The molecule has 1 fully saturated rings. The molecule has 2 aliphatic heterocycles. The van der Waals surface area contributed by atoms with Crippen molar-refractivity contribution in [2.45, 2.75) is 18.3 Å². The topological polar surface area (TPSA) is 111 Å². The standard InChI is InChI=1S/C25H26N6O2/c1-2-22(32)30-19-7-4-3-6-18(19)29-21-12-16(8-11-27-21)20-13-17-23(31-20)25(15-28-24(17)33)9-5-10-26-14-25/h2-4,6-8,11-13,26,31H,1,5,9-10,14-15H2,(H,27,29)(H,28,33)(H,30,32). The summed E-state index contributed by atoms with van der Waals surface area (Å²) in [6.45, 7) is 5.99. The van der Waals surface area contributed by atoms with Crippen molar-refractivity contribution in [2.75, 3.05) is 30.3 Å². The number of amides is 2. The number of carbonyl (C=O) groups is 2. The molecule has 0 saturated carbocycles. The summed E-state index contributed by atoms with van der Waals surface area (Å²) in [4.78, 5) is 32.3. The molecule has 5 rings (SSSR count). The monoisotopic (exact) mass is 442 g/mol. The lowest BCUT2D eigenvalue weighted by atomic mass is 9.74. The van der Waals surface area contributed by atoms with Gasteiger partial charge in [0.15, 0.2) is 0 Å². The number of aromatic amines is 1. The number of rotatable bonds is 5. The molecule has 33 heavy (non-hydrogen) atoms. The molecular formula is C25H26N6O2. The van der Waals surface area contributed by atoms with Gasteiger partial charge in [-0.2, -0.15) is 0 Å². The second-order valence-electron chi connectivity index (χ2n) is 8.51. The Hall–Kier alpha value is -3.91. The summed E-state index contributed by atoms with van der Waals surface area (Å²) in [6.07, 6.45) is 5.06. The summed E-state index contributed by atoms with van der Waals surface area (Å²) in [7, 11) is 0. The Morgan fingerprint density at radius 2 is 2.00 bits per heavy atom. The predicted molar refractivity (Wildman–Crippen MR) is 129 cm³/mol. The molecule has 2 aromatic heterocycles. The van der Waals surface area contributed by atoms with Crippen molar-refractivity contribution < 1.29 is 9.59 Å². The molecule has 0 bridgehead atoms. The first-order valence-corrected chi connectivity index (χ1v) is 11.1. The molecule has 8 heteroatoms. The summed E-state index contributed by atoms with van der Waals surface area (Å²) in [5, 5.41) is 12.6. The van der Waals surface area contributed by atoms with Crippen LogP contribution in [0.4, 0.5) is 17.2 Å². The molecule has 1 aromatic carbocycles. The maximum absolute atomic E-state index is 12.6. The molecule has 2 aliphatic rings. The Morgan fingerprint density at radius 1 is 1.15 bits per heavy atom. The van der Waals surface area contributed by atoms with Gasteiger partial charge in [-0.1, -0.05) is 18.7 Å². The molecular weight excluding hydrogens is 416 g/mol. The fourth-order valence-corrected chi connectivity index (χ4v) is 4.66. The normalized spacial score (nSPS) is 19.5. The smallest absolute Gasteiger partial charge is 0.253 e. The number of anilines is 3. The molecule has 5 N–H and O–H groups in total. The molecule has 3 aromatic rings. The zero-order chi connectivity index (χ0) is 22.8. The first-order chi connectivity index (χ1) is 16.1. The maximum Gasteiger partial charge on any atom is 0.253 e. The molecule has 1 saturated heterocycles. The zero-order valence-corrected chi connectivity index (χ0v) is 18.2. The Kier molecular flexibility index (Phi) is 5.43. The van der Waals surface area contributed by atoms with E-state index < -0.39 is 0 Å². The van der Waals surface area contributed by atoms with E-state index in [-0.39, 0.29) is 17.2 Å². The van der Waals surface area contributed by atoms with Crippen LogP contribution in [0.3, 0.4) is 0 Å². The number of fused-ring (bicyclic) bond motifs is 2. The molecule has 1 unspecified atom stereocenters. The second-order valence-corrected chi connectivity index (χ2v) is 8.51. The fraction of sp³-hybridized carbons (Fsp3) is 0.240. The second kappa shape index (κ2) is 8.55. The number of nitrogens with zero attached hydrogens (tertiary/aromatic N) is 1. The molecule has 8 nitrogen and oxygen atoms in total. The number of piperidine rings is 1. The third-order valence-corrected chi connectivity index (χ3v) is 6.36. The van der Waals surface area contributed by atoms with Crippen molar-refractivity contribution in [3.63, 3.8) is 0 Å². The van der Waals surface area contributed by atoms with Crippen LogP contribution in [0, 0.1) is 0 Å². The minimum Gasteiger partial charge on any atom is -0.357 e. The summed E-state index contributed by atoms with van der Waals surface area (Å²) >= 11 is 0. The van der Waals surface area contributed by atoms with Gasteiger partial charge in [0.1, 0.15) is 5.82 Å². The molecule has 168 valence electrons. The molecule has 1 atom stereocenters. The number of hydrogen-bond donors (Lipinski definition) is 5. The van der Waals surface area contributed by atoms with Crippen molar-refractivity contribution in [3.05, 3.63) is 72.6 Å². The van der Waals surface area contributed by atoms with E-state index in [2.05, 4.69) is 37.8 Å². The average Bonchev–Trinajstić information content (AvgIpc) is 3.31. The lowest BCUT2D eigenvalue weighted by Crippen LogP contribution is -2.54. The Labute approximate surface area is 191 Å². The van der Waals surface area contributed by atoms with Gasteiger partial charge in [-0.05, 0) is 55.8 Å². The Balaban J connectivity index is 1.46. The van der Waals surface area contributed by atoms with Crippen molar-refractivity contribution in [3.8, 4) is 11.3 Å². The first kappa shape index (κ1) is 21.0. The average molecular weight is 443 g/mol. The first-order valence-electron chi connectivity index (χ1n) is 11.1. The van der Waals surface area contributed by atoms with Crippen LogP contribution in [0.1, 0.15) is 28.9 Å². The van der Waals surface area contributed by atoms with E-state index in [4.69, 9.17) is 0 Å². The van der Waals surface area contributed by atoms with Gasteiger partial charge in [0.25, 0.3) is 5.91 Å². The van der Waals surface area contributed by atoms with Crippen LogP contribution < -0.4 is 21.3 Å². The van der Waals surface area contributed by atoms with Gasteiger partial charge in [0.2, 0.25) is 5.91 Å². The minimum absolute atomic E-state index is 0.0389. The van der Waals surface area contributed by atoms with Crippen LogP contribution >= 0.6 is 0 Å². The summed E-state index contributed by atoms with van der Waals surface area (Å²) in [6, 6.07) is 13.2. The van der Waals surface area contributed by atoms with E-state index >= 15 is 0 Å². The van der Waals surface area contributed by atoms with E-state index in [1.807, 2.05) is 42.5 Å². The highest BCUT2D eigenvalue weighted by atomic mass is 16.2. The highest BCUT2D eigenvalue weighted by Gasteiger charge is 2.42. The number of pyridine rings is 1. The van der Waals surface area contributed by atoms with E-state index in [0.717, 1.165) is 48.6 Å². The molecule has 0 radical (unpaired) electrons. The Morgan fingerprint density at radius 3 is 2.79 bits per heavy atom. The number of para-hydroxylation sites is 2. The van der Waals surface area contributed by atoms with Crippen molar-refractivity contribution in [1.29, 1.82) is 0 Å². The summed E-state index contributed by atoms with van der Waals surface area (Å²) in [5.74, 6) is 0.300. The van der Waals surface area contributed by atoms with E-state index in [1.165, 1.54) is 6.08 Å². The number of aromatic nitrogens is 2. The number of nitrogens with one attached hydrogen (secondary N) is 5. The number of benzene rings is 1. The molecule has 4 heterocycles. The van der Waals surface area contributed by atoms with Crippen molar-refractivity contribution in [1.82, 2.24) is 20.6 Å². The summed E-state index contributed by atoms with van der Waals surface area (Å²) in [5.41, 5.74) is 4.77. The van der Waals surface area contributed by atoms with Gasteiger partial charge < -0.3 is 26.3 Å². The van der Waals surface area contributed by atoms with Gasteiger partial charge in [-0.15, -0.1) is 0 Å². The highest BCUT2D eigenvalue weighted by molar-refractivity contribution is 6.01. The molecule has 2 amide bonds. The Bertz CT molecular complexity index is 1230. The number of hydrogen-bond acceptors (Lipinski definition) is 5. The fourth-order valence-electron chi connectivity index (χ4n) is 4.66. The van der Waals surface area contributed by atoms with Crippen molar-refractivity contribution in [2.24, 2.45) is 0 Å². The largest absolute Gasteiger partial charge is 0.357 e. The predicted octanol–water partition coefficient (Wildman–Crippen LogP) is 3.31. The SMILES string of the molecule is C=CC(=O)Nc1ccccc1Nc1cc(-c2cc3c([nH]2)C2(CCCNC2)CNC3=O)ccn1. The van der Waals surface area contributed by atoms with Gasteiger partial charge in [-0.3, -0.25) is 9.59 Å². The van der Waals surface area contributed by atoms with Crippen LogP contribution in [0.15, 0.2) is 61.3 Å². The molecule has 1 spiro atoms. The summed E-state index contributed by atoms with van der Waals surface area (Å²) < 4.78 is 0. The maximum atomic E-state index is 12.6. The van der Waals surface area contributed by atoms with Crippen LogP contribution in [-0.2, 0) is 10.2 Å².